The molecular formula is C18H22N4O3. The van der Waals surface area contributed by atoms with Crippen LogP contribution in [0.15, 0.2) is 42.5 Å². The Morgan fingerprint density at radius 2 is 1.84 bits per heavy atom. The number of nitrogens with zero attached hydrogens (tertiary/aromatic N) is 1. The van der Waals surface area contributed by atoms with E-state index in [1.165, 1.54) is 13.2 Å². The lowest BCUT2D eigenvalue weighted by molar-refractivity contribution is -0.122. The van der Waals surface area contributed by atoms with Gasteiger partial charge >= 0.3 is 0 Å². The molecule has 0 aromatic heterocycles. The summed E-state index contributed by atoms with van der Waals surface area (Å²) in [6.45, 7) is 2.08. The number of benzene rings is 2. The average molecular weight is 342 g/mol. The fourth-order valence-corrected chi connectivity index (χ4v) is 2.25. The molecule has 25 heavy (non-hydrogen) atoms. The number of hydrogen-bond acceptors (Lipinski definition) is 5. The Balaban J connectivity index is 1.94. The van der Waals surface area contributed by atoms with Gasteiger partial charge in [-0.3, -0.25) is 14.6 Å². The van der Waals surface area contributed by atoms with Gasteiger partial charge in [-0.2, -0.15) is 0 Å². The molecule has 0 saturated heterocycles. The number of nitrogens with one attached hydrogen (secondary N) is 1. The van der Waals surface area contributed by atoms with Gasteiger partial charge in [-0.1, -0.05) is 35.9 Å². The summed E-state index contributed by atoms with van der Waals surface area (Å²) in [4.78, 5) is 24.4. The number of anilines is 1. The van der Waals surface area contributed by atoms with Crippen molar-refractivity contribution >= 4 is 17.5 Å². The van der Waals surface area contributed by atoms with Crippen LogP contribution in [0.25, 0.3) is 0 Å². The van der Waals surface area contributed by atoms with E-state index >= 15 is 0 Å². The van der Waals surface area contributed by atoms with E-state index in [2.05, 4.69) is 5.32 Å². The Morgan fingerprint density at radius 3 is 2.48 bits per heavy atom. The van der Waals surface area contributed by atoms with Gasteiger partial charge in [0.05, 0.1) is 18.4 Å². The van der Waals surface area contributed by atoms with Crippen LogP contribution >= 0.6 is 0 Å². The number of nitrogens with two attached hydrogens (primary N) is 2. The summed E-state index contributed by atoms with van der Waals surface area (Å²) in [6, 6.07) is 12.6. The molecule has 0 aliphatic heterocycles. The number of carbonyl (C=O) groups excluding carboxylic acids is 2. The second-order valence-electron chi connectivity index (χ2n) is 5.62. The van der Waals surface area contributed by atoms with Crippen LogP contribution in [-0.4, -0.2) is 30.5 Å². The van der Waals surface area contributed by atoms with Gasteiger partial charge < -0.3 is 15.8 Å². The maximum atomic E-state index is 12.4. The highest BCUT2D eigenvalue weighted by atomic mass is 16.5. The van der Waals surface area contributed by atoms with Crippen molar-refractivity contribution in [3.63, 3.8) is 0 Å². The zero-order valence-electron chi connectivity index (χ0n) is 14.3. The van der Waals surface area contributed by atoms with Crippen LogP contribution in [0.3, 0.4) is 0 Å². The maximum Gasteiger partial charge on any atom is 0.270 e. The molecule has 0 radical (unpaired) electrons. The van der Waals surface area contributed by atoms with Crippen molar-refractivity contribution in [2.24, 2.45) is 5.84 Å². The van der Waals surface area contributed by atoms with Crippen LogP contribution in [0.5, 0.6) is 5.75 Å². The first kappa shape index (κ1) is 18.3. The number of hydrogen-bond donors (Lipinski definition) is 3. The zero-order valence-corrected chi connectivity index (χ0v) is 14.3. The van der Waals surface area contributed by atoms with Crippen molar-refractivity contribution in [3.8, 4) is 5.75 Å². The summed E-state index contributed by atoms with van der Waals surface area (Å²) in [5.74, 6) is 5.19. The largest absolute Gasteiger partial charge is 0.495 e. The average Bonchev–Trinajstić information content (AvgIpc) is 2.61. The van der Waals surface area contributed by atoms with Gasteiger partial charge in [-0.25, -0.2) is 5.84 Å². The second kappa shape index (κ2) is 8.16. The van der Waals surface area contributed by atoms with Gasteiger partial charge in [0.25, 0.3) is 5.91 Å². The Bertz CT molecular complexity index is 759. The molecule has 2 aromatic carbocycles. The number of carbonyl (C=O) groups is 2. The first-order chi connectivity index (χ1) is 11.9. The number of nitrogen functional groups attached to an aromatic ring is 1. The van der Waals surface area contributed by atoms with Gasteiger partial charge in [0.1, 0.15) is 12.3 Å². The minimum atomic E-state index is -0.554. The number of methoxy groups -OCH3 is 1. The van der Waals surface area contributed by atoms with E-state index in [-0.39, 0.29) is 23.7 Å². The molecule has 0 aliphatic carbocycles. The molecular weight excluding hydrogens is 320 g/mol. The SMILES string of the molecule is COc1cccc(C(=O)N(N)CC(=O)NCc2ccc(C)cc2)c1N. The molecule has 0 saturated carbocycles. The molecule has 7 nitrogen and oxygen atoms in total. The molecule has 0 bridgehead atoms. The summed E-state index contributed by atoms with van der Waals surface area (Å²) in [5.41, 5.74) is 8.36. The second-order valence-corrected chi connectivity index (χ2v) is 5.62. The number of rotatable bonds is 6. The lowest BCUT2D eigenvalue weighted by Gasteiger charge is -2.18. The normalized spacial score (nSPS) is 10.2. The fraction of sp³-hybridized carbons (Fsp3) is 0.222. The molecule has 2 rings (SSSR count). The maximum absolute atomic E-state index is 12.4. The van der Waals surface area contributed by atoms with E-state index in [1.807, 2.05) is 31.2 Å². The molecule has 132 valence electrons. The summed E-state index contributed by atoms with van der Waals surface area (Å²) in [7, 11) is 1.46. The quantitative estimate of drug-likeness (QED) is 0.316. The van der Waals surface area contributed by atoms with E-state index < -0.39 is 5.91 Å². The summed E-state index contributed by atoms with van der Waals surface area (Å²) >= 11 is 0. The van der Waals surface area contributed by atoms with E-state index in [4.69, 9.17) is 16.3 Å². The van der Waals surface area contributed by atoms with E-state index in [0.29, 0.717) is 12.3 Å². The van der Waals surface area contributed by atoms with E-state index in [9.17, 15) is 9.59 Å². The predicted molar refractivity (Wildman–Crippen MR) is 95.7 cm³/mol. The first-order valence-electron chi connectivity index (χ1n) is 7.73. The van der Waals surface area contributed by atoms with Gasteiger partial charge in [-0.15, -0.1) is 0 Å². The molecule has 0 unspecified atom stereocenters. The lowest BCUT2D eigenvalue weighted by atomic mass is 10.1. The number of ether oxygens (including phenoxy) is 1. The molecule has 2 amide bonds. The molecule has 0 atom stereocenters. The predicted octanol–water partition coefficient (Wildman–Crippen LogP) is 1.22. The van der Waals surface area contributed by atoms with Crippen molar-refractivity contribution in [2.45, 2.75) is 13.5 Å². The molecule has 0 spiro atoms. The van der Waals surface area contributed by atoms with Gasteiger partial charge in [-0.05, 0) is 24.6 Å². The van der Waals surface area contributed by atoms with Crippen molar-refractivity contribution in [1.29, 1.82) is 0 Å². The summed E-state index contributed by atoms with van der Waals surface area (Å²) < 4.78 is 5.08. The minimum absolute atomic E-state index is 0.186. The minimum Gasteiger partial charge on any atom is -0.495 e. The van der Waals surface area contributed by atoms with Crippen molar-refractivity contribution in [3.05, 3.63) is 59.2 Å². The van der Waals surface area contributed by atoms with Crippen molar-refractivity contribution < 1.29 is 14.3 Å². The lowest BCUT2D eigenvalue weighted by Crippen LogP contribution is -2.45. The standard InChI is InChI=1S/C18H22N4O3/c1-12-6-8-13(9-7-12)10-21-16(23)11-22(20)18(24)14-4-3-5-15(25-2)17(14)19/h3-9H,10-11,19-20H2,1-2H3,(H,21,23). The number of para-hydroxylation sites is 1. The third-order valence-electron chi connectivity index (χ3n) is 3.70. The third kappa shape index (κ3) is 4.71. The van der Waals surface area contributed by atoms with Gasteiger partial charge in [0.2, 0.25) is 5.91 Å². The zero-order chi connectivity index (χ0) is 18.4. The van der Waals surface area contributed by atoms with E-state index in [1.54, 1.807) is 12.1 Å². The molecule has 7 heteroatoms. The van der Waals surface area contributed by atoms with Crippen LogP contribution < -0.4 is 21.6 Å². The summed E-state index contributed by atoms with van der Waals surface area (Å²) in [5, 5.41) is 3.55. The van der Waals surface area contributed by atoms with Crippen molar-refractivity contribution in [1.82, 2.24) is 10.3 Å². The monoisotopic (exact) mass is 342 g/mol. The third-order valence-corrected chi connectivity index (χ3v) is 3.70. The highest BCUT2D eigenvalue weighted by molar-refractivity contribution is 6.01. The van der Waals surface area contributed by atoms with Crippen LogP contribution in [-0.2, 0) is 11.3 Å². The molecule has 2 aromatic rings. The Hall–Kier alpha value is -3.06. The molecule has 0 fully saturated rings. The van der Waals surface area contributed by atoms with Crippen LogP contribution in [0.4, 0.5) is 5.69 Å². The van der Waals surface area contributed by atoms with Crippen molar-refractivity contribution in [2.75, 3.05) is 19.4 Å². The highest BCUT2D eigenvalue weighted by Gasteiger charge is 2.19. The Labute approximate surface area is 146 Å². The number of aryl methyl sites for hydroxylation is 1. The first-order valence-corrected chi connectivity index (χ1v) is 7.73. The molecule has 0 aliphatic rings. The van der Waals surface area contributed by atoms with Crippen LogP contribution in [0.2, 0.25) is 0 Å². The smallest absolute Gasteiger partial charge is 0.270 e. The van der Waals surface area contributed by atoms with Gasteiger partial charge in [0, 0.05) is 6.54 Å². The van der Waals surface area contributed by atoms with E-state index in [0.717, 1.165) is 16.1 Å². The Morgan fingerprint density at radius 1 is 1.16 bits per heavy atom. The fourth-order valence-electron chi connectivity index (χ4n) is 2.25. The number of hydrazine groups is 1. The molecule has 0 heterocycles. The topological polar surface area (TPSA) is 111 Å². The number of amides is 2. The van der Waals surface area contributed by atoms with Gasteiger partial charge in [0.15, 0.2) is 0 Å². The Kier molecular flexibility index (Phi) is 5.97. The highest BCUT2D eigenvalue weighted by Crippen LogP contribution is 2.25. The summed E-state index contributed by atoms with van der Waals surface area (Å²) in [6.07, 6.45) is 0. The van der Waals surface area contributed by atoms with Crippen LogP contribution in [0.1, 0.15) is 21.5 Å². The van der Waals surface area contributed by atoms with Crippen LogP contribution in [0, 0.1) is 6.92 Å². The molecule has 5 N–H and O–H groups in total.